The van der Waals surface area contributed by atoms with E-state index in [2.05, 4.69) is 5.32 Å². The monoisotopic (exact) mass is 305 g/mol. The van der Waals surface area contributed by atoms with Crippen molar-refractivity contribution in [1.29, 1.82) is 0 Å². The average molecular weight is 305 g/mol. The highest BCUT2D eigenvalue weighted by molar-refractivity contribution is 7.13. The topological polar surface area (TPSA) is 32.3 Å². The van der Waals surface area contributed by atoms with E-state index >= 15 is 0 Å². The molecule has 0 radical (unpaired) electrons. The van der Waals surface area contributed by atoms with E-state index in [4.69, 9.17) is 0 Å². The normalized spacial score (nSPS) is 22.4. The van der Waals surface area contributed by atoms with E-state index < -0.39 is 0 Å². The zero-order valence-electron chi connectivity index (χ0n) is 11.9. The lowest BCUT2D eigenvalue weighted by Gasteiger charge is -2.26. The number of hydrogen-bond acceptors (Lipinski definition) is 3. The molecule has 1 heterocycles. The van der Waals surface area contributed by atoms with Gasteiger partial charge in [-0.2, -0.15) is 0 Å². The minimum Gasteiger partial charge on any atom is -0.393 e. The Labute approximate surface area is 128 Å². The van der Waals surface area contributed by atoms with Crippen molar-refractivity contribution in [3.63, 3.8) is 0 Å². The fourth-order valence-electron chi connectivity index (χ4n) is 2.85. The Morgan fingerprint density at radius 1 is 1.19 bits per heavy atom. The highest BCUT2D eigenvalue weighted by Crippen LogP contribution is 2.28. The lowest BCUT2D eigenvalue weighted by Crippen LogP contribution is -2.34. The minimum absolute atomic E-state index is 0.126. The second-order valence-electron chi connectivity index (χ2n) is 5.68. The van der Waals surface area contributed by atoms with E-state index in [1.807, 2.05) is 29.6 Å². The molecule has 0 unspecified atom stereocenters. The Morgan fingerprint density at radius 3 is 2.71 bits per heavy atom. The van der Waals surface area contributed by atoms with Crippen LogP contribution in [0.3, 0.4) is 0 Å². The van der Waals surface area contributed by atoms with Crippen LogP contribution in [0, 0.1) is 5.82 Å². The van der Waals surface area contributed by atoms with Crippen LogP contribution in [0.25, 0.3) is 10.4 Å². The number of rotatable bonds is 4. The van der Waals surface area contributed by atoms with Crippen LogP contribution >= 0.6 is 11.3 Å². The molecular formula is C17H20FNOS. The van der Waals surface area contributed by atoms with Gasteiger partial charge in [0.15, 0.2) is 0 Å². The summed E-state index contributed by atoms with van der Waals surface area (Å²) in [5, 5.41) is 15.0. The molecule has 3 rings (SSSR count). The first-order valence-electron chi connectivity index (χ1n) is 7.46. The van der Waals surface area contributed by atoms with Crippen molar-refractivity contribution in [3.05, 3.63) is 47.1 Å². The van der Waals surface area contributed by atoms with Gasteiger partial charge in [-0.05, 0) is 54.8 Å². The van der Waals surface area contributed by atoms with Gasteiger partial charge in [-0.3, -0.25) is 0 Å². The van der Waals surface area contributed by atoms with Gasteiger partial charge in [0.05, 0.1) is 6.10 Å². The number of nitrogens with one attached hydrogen (secondary N) is 1. The van der Waals surface area contributed by atoms with Crippen LogP contribution in [0.15, 0.2) is 35.7 Å². The highest BCUT2D eigenvalue weighted by atomic mass is 32.1. The maximum atomic E-state index is 13.9. The van der Waals surface area contributed by atoms with Crippen molar-refractivity contribution in [2.24, 2.45) is 0 Å². The van der Waals surface area contributed by atoms with Crippen LogP contribution in [0.5, 0.6) is 0 Å². The molecular weight excluding hydrogens is 285 g/mol. The van der Waals surface area contributed by atoms with E-state index in [0.717, 1.165) is 42.7 Å². The first-order valence-corrected chi connectivity index (χ1v) is 8.34. The molecule has 0 saturated heterocycles. The third-order valence-corrected chi connectivity index (χ3v) is 5.01. The fourth-order valence-corrected chi connectivity index (χ4v) is 3.59. The predicted octanol–water partition coefficient (Wildman–Crippen LogP) is 3.95. The van der Waals surface area contributed by atoms with E-state index in [1.54, 1.807) is 17.4 Å². The summed E-state index contributed by atoms with van der Waals surface area (Å²) < 4.78 is 13.9. The van der Waals surface area contributed by atoms with Crippen LogP contribution in [0.1, 0.15) is 31.2 Å². The van der Waals surface area contributed by atoms with Gasteiger partial charge in [0, 0.05) is 23.0 Å². The van der Waals surface area contributed by atoms with E-state index in [1.165, 1.54) is 0 Å². The molecule has 1 fully saturated rings. The van der Waals surface area contributed by atoms with E-state index in [0.29, 0.717) is 11.6 Å². The summed E-state index contributed by atoms with van der Waals surface area (Å²) in [5.74, 6) is -0.165. The summed E-state index contributed by atoms with van der Waals surface area (Å²) in [6.07, 6.45) is 3.66. The Bertz CT molecular complexity index is 576. The third-order valence-electron chi connectivity index (χ3n) is 4.11. The molecule has 112 valence electrons. The molecule has 4 heteroatoms. The summed E-state index contributed by atoms with van der Waals surface area (Å²) in [6.45, 7) is 0.749. The molecule has 0 atom stereocenters. The number of benzene rings is 1. The molecule has 0 aliphatic heterocycles. The van der Waals surface area contributed by atoms with E-state index in [-0.39, 0.29) is 11.9 Å². The zero-order chi connectivity index (χ0) is 14.7. The molecule has 2 nitrogen and oxygen atoms in total. The SMILES string of the molecule is OC1CCC(NCc2ccc(F)c(-c3cccs3)c2)CC1. The van der Waals surface area contributed by atoms with Crippen molar-refractivity contribution in [3.8, 4) is 10.4 Å². The zero-order valence-corrected chi connectivity index (χ0v) is 12.7. The van der Waals surface area contributed by atoms with Crippen molar-refractivity contribution in [2.45, 2.75) is 44.4 Å². The standard InChI is InChI=1S/C17H20FNOS/c18-16-8-3-12(10-15(16)17-2-1-9-21-17)11-19-13-4-6-14(20)7-5-13/h1-3,8-10,13-14,19-20H,4-7,11H2. The highest BCUT2D eigenvalue weighted by Gasteiger charge is 2.18. The molecule has 0 bridgehead atoms. The number of aliphatic hydroxyl groups excluding tert-OH is 1. The molecule has 1 aromatic heterocycles. The summed E-state index contributed by atoms with van der Waals surface area (Å²) in [5.41, 5.74) is 1.79. The van der Waals surface area contributed by atoms with E-state index in [9.17, 15) is 9.50 Å². The molecule has 2 N–H and O–H groups in total. The number of hydrogen-bond donors (Lipinski definition) is 2. The molecule has 1 aliphatic carbocycles. The molecule has 2 aromatic rings. The molecule has 1 aromatic carbocycles. The van der Waals surface area contributed by atoms with Crippen molar-refractivity contribution in [1.82, 2.24) is 5.32 Å². The number of halogens is 1. The van der Waals surface area contributed by atoms with Gasteiger partial charge >= 0.3 is 0 Å². The summed E-state index contributed by atoms with van der Waals surface area (Å²) in [6, 6.07) is 9.68. The fraction of sp³-hybridized carbons (Fsp3) is 0.412. The Kier molecular flexibility index (Phi) is 4.68. The van der Waals surface area contributed by atoms with Gasteiger partial charge in [0.2, 0.25) is 0 Å². The Balaban J connectivity index is 1.65. The molecule has 21 heavy (non-hydrogen) atoms. The Hall–Kier alpha value is -1.23. The van der Waals surface area contributed by atoms with Crippen LogP contribution in [0.4, 0.5) is 4.39 Å². The lowest BCUT2D eigenvalue weighted by atomic mass is 9.93. The molecule has 0 spiro atoms. The van der Waals surface area contributed by atoms with Gasteiger partial charge in [-0.1, -0.05) is 12.1 Å². The quantitative estimate of drug-likeness (QED) is 0.896. The predicted molar refractivity (Wildman–Crippen MR) is 84.8 cm³/mol. The maximum Gasteiger partial charge on any atom is 0.131 e. The first kappa shape index (κ1) is 14.7. The van der Waals surface area contributed by atoms with Crippen LogP contribution in [-0.2, 0) is 6.54 Å². The van der Waals surface area contributed by atoms with Crippen molar-refractivity contribution >= 4 is 11.3 Å². The molecule has 0 amide bonds. The lowest BCUT2D eigenvalue weighted by molar-refractivity contribution is 0.116. The van der Waals surface area contributed by atoms with Crippen LogP contribution in [0.2, 0.25) is 0 Å². The van der Waals surface area contributed by atoms with Gasteiger partial charge in [-0.25, -0.2) is 4.39 Å². The van der Waals surface area contributed by atoms with Gasteiger partial charge in [-0.15, -0.1) is 11.3 Å². The summed E-state index contributed by atoms with van der Waals surface area (Å²) in [7, 11) is 0. The average Bonchev–Trinajstić information content (AvgIpc) is 3.02. The minimum atomic E-state index is -0.165. The first-order chi connectivity index (χ1) is 10.2. The third kappa shape index (κ3) is 3.70. The summed E-state index contributed by atoms with van der Waals surface area (Å²) in [4.78, 5) is 0.968. The van der Waals surface area contributed by atoms with Gasteiger partial charge in [0.1, 0.15) is 5.82 Å². The second-order valence-corrected chi connectivity index (χ2v) is 6.63. The Morgan fingerprint density at radius 2 is 2.00 bits per heavy atom. The van der Waals surface area contributed by atoms with Crippen LogP contribution in [-0.4, -0.2) is 17.3 Å². The maximum absolute atomic E-state index is 13.9. The largest absolute Gasteiger partial charge is 0.393 e. The smallest absolute Gasteiger partial charge is 0.131 e. The van der Waals surface area contributed by atoms with Crippen molar-refractivity contribution in [2.75, 3.05) is 0 Å². The van der Waals surface area contributed by atoms with Crippen molar-refractivity contribution < 1.29 is 9.50 Å². The summed E-state index contributed by atoms with van der Waals surface area (Å²) >= 11 is 1.56. The van der Waals surface area contributed by atoms with Crippen LogP contribution < -0.4 is 5.32 Å². The number of aliphatic hydroxyl groups is 1. The van der Waals surface area contributed by atoms with Gasteiger partial charge in [0.25, 0.3) is 0 Å². The number of thiophene rings is 1. The molecule has 1 saturated carbocycles. The second kappa shape index (κ2) is 6.69. The molecule has 1 aliphatic rings. The van der Waals surface area contributed by atoms with Gasteiger partial charge < -0.3 is 10.4 Å².